The number of fused-ring (bicyclic) bond motifs is 4. The second-order valence-electron chi connectivity index (χ2n) is 7.90. The van der Waals surface area contributed by atoms with E-state index in [-0.39, 0.29) is 59.0 Å². The summed E-state index contributed by atoms with van der Waals surface area (Å²) in [7, 11) is 0. The van der Waals surface area contributed by atoms with Crippen molar-refractivity contribution in [1.82, 2.24) is 0 Å². The third kappa shape index (κ3) is 3.20. The van der Waals surface area contributed by atoms with E-state index in [2.05, 4.69) is 15.9 Å². The molecule has 35 heavy (non-hydrogen) atoms. The van der Waals surface area contributed by atoms with Gasteiger partial charge in [-0.2, -0.15) is 0 Å². The molecule has 0 aliphatic rings. The molecule has 7 rings (SSSR count). The van der Waals surface area contributed by atoms with Gasteiger partial charge < -0.3 is 0 Å². The Hall–Kier alpha value is -3.94. The predicted molar refractivity (Wildman–Crippen MR) is 155 cm³/mol. The van der Waals surface area contributed by atoms with Crippen molar-refractivity contribution >= 4 is 59.0 Å². The number of hydrogen-bond donors (Lipinski definition) is 0. The lowest BCUT2D eigenvalue weighted by Crippen LogP contribution is -1.92. The van der Waals surface area contributed by atoms with Crippen LogP contribution in [0.5, 0.6) is 0 Å². The summed E-state index contributed by atoms with van der Waals surface area (Å²) in [6.45, 7) is 0. The van der Waals surface area contributed by atoms with Gasteiger partial charge in [-0.15, -0.1) is 0 Å². The predicted octanol–water partition coefficient (Wildman–Crippen LogP) is 10.4. The molecule has 1 heteroatoms. The highest BCUT2D eigenvalue weighted by Gasteiger charge is 2.18. The molecule has 0 spiro atoms. The van der Waals surface area contributed by atoms with Gasteiger partial charge in [-0.25, -0.2) is 0 Å². The van der Waals surface area contributed by atoms with Gasteiger partial charge in [-0.05, 0) is 87.3 Å². The molecule has 0 bridgehead atoms. The fraction of sp³-hybridized carbons (Fsp3) is 0. The molecule has 7 aromatic carbocycles. The molecule has 0 atom stereocenters. The van der Waals surface area contributed by atoms with Gasteiger partial charge in [0.15, 0.2) is 0 Å². The Bertz CT molecular complexity index is 2640. The normalized spacial score (nSPS) is 17.6. The molecule has 7 aromatic rings. The van der Waals surface area contributed by atoms with Crippen LogP contribution in [0.15, 0.2) is 132 Å². The lowest BCUT2D eigenvalue weighted by molar-refractivity contribution is 1.65. The Morgan fingerprint density at radius 3 is 1.86 bits per heavy atom. The topological polar surface area (TPSA) is 0 Å². The molecule has 0 nitrogen and oxygen atoms in total. The van der Waals surface area contributed by atoms with Crippen LogP contribution in [0, 0.1) is 0 Å². The minimum Gasteiger partial charge on any atom is -0.0616 e. The van der Waals surface area contributed by atoms with Gasteiger partial charge in [0.25, 0.3) is 0 Å². The average molecular weight is 525 g/mol. The molecule has 0 fully saturated rings. The summed E-state index contributed by atoms with van der Waals surface area (Å²) in [6.07, 6.45) is 0. The van der Waals surface area contributed by atoms with Crippen molar-refractivity contribution in [3.8, 4) is 22.3 Å². The molecule has 164 valence electrons. The molecule has 0 heterocycles. The molecule has 0 aliphatic heterocycles. The molecule has 0 amide bonds. The molecule has 0 N–H and O–H groups in total. The second kappa shape index (κ2) is 8.08. The monoisotopic (exact) mass is 523 g/mol. The molecule has 0 radical (unpaired) electrons. The van der Waals surface area contributed by atoms with Crippen molar-refractivity contribution in [3.63, 3.8) is 0 Å². The van der Waals surface area contributed by atoms with Gasteiger partial charge in [0.1, 0.15) is 0 Å². The number of halogens is 1. The second-order valence-corrected chi connectivity index (χ2v) is 8.69. The van der Waals surface area contributed by atoms with Crippen LogP contribution >= 0.6 is 15.9 Å². The number of hydrogen-bond acceptors (Lipinski definition) is 0. The third-order valence-electron chi connectivity index (χ3n) is 6.01. The average Bonchev–Trinajstić information content (AvgIpc) is 3.10. The van der Waals surface area contributed by atoms with E-state index in [1.807, 2.05) is 0 Å². The summed E-state index contributed by atoms with van der Waals surface area (Å²) >= 11 is 3.41. The third-order valence-corrected chi connectivity index (χ3v) is 6.81. The first-order chi connectivity index (χ1) is 23.5. The molecule has 0 saturated carbocycles. The van der Waals surface area contributed by atoms with Gasteiger partial charge >= 0.3 is 0 Å². The van der Waals surface area contributed by atoms with Crippen LogP contribution in [-0.2, 0) is 0 Å². The smallest absolute Gasteiger partial charge is 0.0616 e. The van der Waals surface area contributed by atoms with E-state index < -0.39 is 90.6 Å². The highest BCUT2D eigenvalue weighted by molar-refractivity contribution is 9.10. The molecule has 0 saturated heterocycles. The summed E-state index contributed by atoms with van der Waals surface area (Å²) in [6, 6.07) is 1.83. The van der Waals surface area contributed by atoms with Crippen LogP contribution in [-0.4, -0.2) is 0 Å². The number of rotatable bonds is 2. The van der Waals surface area contributed by atoms with E-state index in [4.69, 9.17) is 17.8 Å². The van der Waals surface area contributed by atoms with E-state index in [1.165, 1.54) is 0 Å². The largest absolute Gasteiger partial charge is 0.0636 e. The summed E-state index contributed by atoms with van der Waals surface area (Å²) in [5, 5.41) is 0.105. The van der Waals surface area contributed by atoms with E-state index in [1.54, 1.807) is 36.4 Å². The van der Waals surface area contributed by atoms with Crippen molar-refractivity contribution in [2.24, 2.45) is 0 Å². The lowest BCUT2D eigenvalue weighted by atomic mass is 9.85. The van der Waals surface area contributed by atoms with Crippen molar-refractivity contribution in [1.29, 1.82) is 0 Å². The van der Waals surface area contributed by atoms with Crippen molar-refractivity contribution in [2.75, 3.05) is 0 Å². The SMILES string of the molecule is [2H]c1c([2H])c([2H])c2c([2H])c(-c3c(-c4c5c([2H])c([2H])c([2H])c([2H])c5c(Br)c5c([2H])c([2H])c([2H])c([2H])c45)ccc4ccccc34)c([2H])c([2H])c2c1[2H]. The summed E-state index contributed by atoms with van der Waals surface area (Å²) in [5.74, 6) is 0. The van der Waals surface area contributed by atoms with Gasteiger partial charge in [-0.3, -0.25) is 0 Å². The van der Waals surface area contributed by atoms with Crippen LogP contribution in [0.4, 0.5) is 0 Å². The van der Waals surface area contributed by atoms with Crippen molar-refractivity contribution in [2.45, 2.75) is 0 Å². The molecular weight excluding hydrogens is 488 g/mol. The zero-order valence-corrected chi connectivity index (χ0v) is 19.4. The molecule has 0 aromatic heterocycles. The Balaban J connectivity index is 1.85. The van der Waals surface area contributed by atoms with E-state index in [0.717, 1.165) is 0 Å². The highest BCUT2D eigenvalue weighted by Crippen LogP contribution is 2.46. The Morgan fingerprint density at radius 2 is 1.11 bits per heavy atom. The van der Waals surface area contributed by atoms with Gasteiger partial charge in [0.05, 0.1) is 20.6 Å². The zero-order valence-electron chi connectivity index (χ0n) is 32.8. The zero-order chi connectivity index (χ0) is 36.4. The summed E-state index contributed by atoms with van der Waals surface area (Å²) < 4.78 is 131. The van der Waals surface area contributed by atoms with E-state index in [9.17, 15) is 2.74 Å². The highest BCUT2D eigenvalue weighted by atomic mass is 79.9. The maximum atomic E-state index is 9.39. The van der Waals surface area contributed by atoms with E-state index in [0.29, 0.717) is 10.8 Å². The lowest BCUT2D eigenvalue weighted by Gasteiger charge is -2.19. The fourth-order valence-electron chi connectivity index (χ4n) is 4.50. The fourth-order valence-corrected chi connectivity index (χ4v) is 5.10. The summed E-state index contributed by atoms with van der Waals surface area (Å²) in [5.41, 5.74) is -0.0166. The van der Waals surface area contributed by atoms with Crippen LogP contribution in [0.3, 0.4) is 0 Å². The van der Waals surface area contributed by atoms with E-state index >= 15 is 0 Å². The maximum absolute atomic E-state index is 9.39. The Labute approximate surface area is 233 Å². The standard InChI is InChI=1S/C34H21Br/c35-34-29-15-7-5-13-27(29)33(28-14-6-8-16-30(28)34)31-20-19-23-10-3-4-12-26(23)32(31)25-18-17-22-9-1-2-11-24(22)21-25/h1-21H/i1D,2D,5D,6D,7D,8D,9D,11D,13D,14D,15D,16D,17D,18D,21D. The van der Waals surface area contributed by atoms with Gasteiger partial charge in [0.2, 0.25) is 0 Å². The molecule has 0 aliphatic carbocycles. The van der Waals surface area contributed by atoms with Crippen LogP contribution in [0.25, 0.3) is 65.3 Å². The van der Waals surface area contributed by atoms with Crippen LogP contribution in [0.2, 0.25) is 0 Å². The molecular formula is C34H21Br. The van der Waals surface area contributed by atoms with Crippen LogP contribution in [0.1, 0.15) is 20.6 Å². The minimum atomic E-state index is -0.630. The first-order valence-electron chi connectivity index (χ1n) is 18.2. The summed E-state index contributed by atoms with van der Waals surface area (Å²) in [4.78, 5) is 0. The Morgan fingerprint density at radius 1 is 0.486 bits per heavy atom. The maximum Gasteiger partial charge on any atom is 0.0636 e. The van der Waals surface area contributed by atoms with Crippen molar-refractivity contribution in [3.05, 3.63) is 132 Å². The first kappa shape index (κ1) is 10.4. The van der Waals surface area contributed by atoms with Gasteiger partial charge in [0, 0.05) is 4.47 Å². The van der Waals surface area contributed by atoms with Crippen molar-refractivity contribution < 1.29 is 20.6 Å². The Kier molecular flexibility index (Phi) is 2.39. The number of benzene rings is 7. The molecule has 0 unspecified atom stereocenters. The van der Waals surface area contributed by atoms with Gasteiger partial charge in [-0.1, -0.05) is 121 Å². The van der Waals surface area contributed by atoms with Crippen LogP contribution < -0.4 is 0 Å². The quantitative estimate of drug-likeness (QED) is 0.197. The first-order valence-corrected chi connectivity index (χ1v) is 11.5. The minimum absolute atomic E-state index is 0.0186.